The van der Waals surface area contributed by atoms with Gasteiger partial charge in [-0.1, -0.05) is 13.8 Å². The molecule has 0 saturated carbocycles. The van der Waals surface area contributed by atoms with Gasteiger partial charge in [0, 0.05) is 24.6 Å². The number of benzene rings is 1. The number of aromatic amines is 1. The third-order valence-corrected chi connectivity index (χ3v) is 2.70. The van der Waals surface area contributed by atoms with Crippen molar-refractivity contribution in [2.24, 2.45) is 5.73 Å². The van der Waals surface area contributed by atoms with Crippen molar-refractivity contribution in [3.8, 4) is 0 Å². The molecule has 0 aliphatic carbocycles. The highest BCUT2D eigenvalue weighted by molar-refractivity contribution is 5.93. The summed E-state index contributed by atoms with van der Waals surface area (Å²) in [7, 11) is 0. The molecule has 2 rings (SSSR count). The number of carbonyl (C=O) groups excluding carboxylic acids is 1. The van der Waals surface area contributed by atoms with E-state index in [1.807, 2.05) is 18.2 Å². The van der Waals surface area contributed by atoms with E-state index in [0.29, 0.717) is 18.9 Å². The number of imidazole rings is 1. The molecule has 4 N–H and O–H groups in total. The molecule has 0 saturated heterocycles. The van der Waals surface area contributed by atoms with E-state index in [0.717, 1.165) is 22.5 Å². The predicted octanol–water partition coefficient (Wildman–Crippen LogP) is 1.97. The molecule has 1 heterocycles. The van der Waals surface area contributed by atoms with Gasteiger partial charge < -0.3 is 16.0 Å². The van der Waals surface area contributed by atoms with Gasteiger partial charge in [-0.25, -0.2) is 4.98 Å². The van der Waals surface area contributed by atoms with Crippen LogP contribution in [0.5, 0.6) is 0 Å². The summed E-state index contributed by atoms with van der Waals surface area (Å²) in [6.07, 6.45) is 0.332. The summed E-state index contributed by atoms with van der Waals surface area (Å²) < 4.78 is 0. The highest BCUT2D eigenvalue weighted by atomic mass is 16.1. The van der Waals surface area contributed by atoms with Gasteiger partial charge >= 0.3 is 0 Å². The first-order chi connectivity index (χ1) is 8.60. The Kier molecular flexibility index (Phi) is 3.62. The maximum absolute atomic E-state index is 11.4. The van der Waals surface area contributed by atoms with E-state index in [-0.39, 0.29) is 5.91 Å². The minimum atomic E-state index is -0.0690. The number of H-pyrrole nitrogens is 1. The average Bonchev–Trinajstić information content (AvgIpc) is 2.72. The first-order valence-corrected chi connectivity index (χ1v) is 6.09. The summed E-state index contributed by atoms with van der Waals surface area (Å²) in [5.74, 6) is 1.24. The number of fused-ring (bicyclic) bond motifs is 1. The number of nitrogens with zero attached hydrogens (tertiary/aromatic N) is 1. The van der Waals surface area contributed by atoms with Crippen LogP contribution in [0.4, 0.5) is 5.69 Å². The van der Waals surface area contributed by atoms with Crippen LogP contribution in [-0.2, 0) is 4.79 Å². The number of amides is 1. The molecular formula is C13H18N4O. The number of hydrogen-bond donors (Lipinski definition) is 3. The Hall–Kier alpha value is -1.88. The normalized spacial score (nSPS) is 11.1. The van der Waals surface area contributed by atoms with Crippen LogP contribution in [0.1, 0.15) is 32.0 Å². The Bertz CT molecular complexity index is 559. The third-order valence-electron chi connectivity index (χ3n) is 2.70. The second-order valence-electron chi connectivity index (χ2n) is 4.60. The van der Waals surface area contributed by atoms with Crippen LogP contribution >= 0.6 is 0 Å². The molecule has 0 fully saturated rings. The fourth-order valence-electron chi connectivity index (χ4n) is 1.74. The lowest BCUT2D eigenvalue weighted by molar-refractivity contribution is -0.116. The van der Waals surface area contributed by atoms with Crippen LogP contribution in [-0.4, -0.2) is 22.4 Å². The Morgan fingerprint density at radius 3 is 2.94 bits per heavy atom. The summed E-state index contributed by atoms with van der Waals surface area (Å²) in [4.78, 5) is 19.2. The molecule has 1 aromatic carbocycles. The smallest absolute Gasteiger partial charge is 0.225 e. The van der Waals surface area contributed by atoms with Crippen LogP contribution in [0.2, 0.25) is 0 Å². The summed E-state index contributed by atoms with van der Waals surface area (Å²) in [6, 6.07) is 5.64. The molecule has 5 nitrogen and oxygen atoms in total. The van der Waals surface area contributed by atoms with Crippen LogP contribution in [0.25, 0.3) is 11.0 Å². The molecule has 0 radical (unpaired) electrons. The largest absolute Gasteiger partial charge is 0.342 e. The fraction of sp³-hybridized carbons (Fsp3) is 0.385. The summed E-state index contributed by atoms with van der Waals surface area (Å²) >= 11 is 0. The lowest BCUT2D eigenvalue weighted by Gasteiger charge is -2.03. The van der Waals surface area contributed by atoms with Gasteiger partial charge in [0.05, 0.1) is 11.0 Å². The van der Waals surface area contributed by atoms with Crippen molar-refractivity contribution < 1.29 is 4.79 Å². The molecule has 18 heavy (non-hydrogen) atoms. The number of carbonyl (C=O) groups is 1. The third kappa shape index (κ3) is 2.68. The Morgan fingerprint density at radius 2 is 2.28 bits per heavy atom. The van der Waals surface area contributed by atoms with Gasteiger partial charge in [-0.2, -0.15) is 0 Å². The lowest BCUT2D eigenvalue weighted by Crippen LogP contribution is -2.16. The van der Waals surface area contributed by atoms with Gasteiger partial charge in [-0.3, -0.25) is 4.79 Å². The molecule has 96 valence electrons. The quantitative estimate of drug-likeness (QED) is 0.771. The molecule has 0 aliphatic rings. The van der Waals surface area contributed by atoms with Gasteiger partial charge in [-0.05, 0) is 18.2 Å². The van der Waals surface area contributed by atoms with E-state index in [9.17, 15) is 4.79 Å². The van der Waals surface area contributed by atoms with Crippen molar-refractivity contribution in [2.75, 3.05) is 11.9 Å². The van der Waals surface area contributed by atoms with E-state index < -0.39 is 0 Å². The lowest BCUT2D eigenvalue weighted by atomic mass is 10.2. The first kappa shape index (κ1) is 12.6. The van der Waals surface area contributed by atoms with Crippen molar-refractivity contribution in [1.29, 1.82) is 0 Å². The van der Waals surface area contributed by atoms with Crippen LogP contribution in [0.3, 0.4) is 0 Å². The highest BCUT2D eigenvalue weighted by Gasteiger charge is 2.07. The van der Waals surface area contributed by atoms with Crippen molar-refractivity contribution in [3.05, 3.63) is 24.0 Å². The number of nitrogens with two attached hydrogens (primary N) is 1. The zero-order chi connectivity index (χ0) is 13.1. The van der Waals surface area contributed by atoms with Gasteiger partial charge in [0.15, 0.2) is 0 Å². The number of anilines is 1. The van der Waals surface area contributed by atoms with Gasteiger partial charge in [0.25, 0.3) is 0 Å². The average molecular weight is 246 g/mol. The molecule has 0 atom stereocenters. The van der Waals surface area contributed by atoms with Crippen LogP contribution in [0.15, 0.2) is 18.2 Å². The number of rotatable bonds is 4. The van der Waals surface area contributed by atoms with Crippen molar-refractivity contribution in [2.45, 2.75) is 26.2 Å². The van der Waals surface area contributed by atoms with Gasteiger partial charge in [0.2, 0.25) is 5.91 Å². The molecule has 5 heteroatoms. The van der Waals surface area contributed by atoms with Crippen molar-refractivity contribution in [3.63, 3.8) is 0 Å². The van der Waals surface area contributed by atoms with Crippen molar-refractivity contribution in [1.82, 2.24) is 9.97 Å². The maximum Gasteiger partial charge on any atom is 0.225 e. The first-order valence-electron chi connectivity index (χ1n) is 6.09. The molecule has 1 amide bonds. The number of hydrogen-bond acceptors (Lipinski definition) is 3. The zero-order valence-electron chi connectivity index (χ0n) is 10.7. The topological polar surface area (TPSA) is 83.8 Å². The molecule has 0 aliphatic heterocycles. The van der Waals surface area contributed by atoms with E-state index in [1.165, 1.54) is 0 Å². The minimum Gasteiger partial charge on any atom is -0.342 e. The molecular weight excluding hydrogens is 228 g/mol. The van der Waals surface area contributed by atoms with Crippen molar-refractivity contribution >= 4 is 22.6 Å². The number of aromatic nitrogens is 2. The highest BCUT2D eigenvalue weighted by Crippen LogP contribution is 2.20. The molecule has 0 bridgehead atoms. The van der Waals surface area contributed by atoms with Gasteiger partial charge in [0.1, 0.15) is 5.82 Å². The standard InChI is InChI=1S/C13H18N4O/c1-8(2)13-16-10-4-3-9(7-11(10)17-13)15-12(18)5-6-14/h3-4,7-8H,5-6,14H2,1-2H3,(H,15,18)(H,16,17). The van der Waals surface area contributed by atoms with E-state index >= 15 is 0 Å². The minimum absolute atomic E-state index is 0.0690. The molecule has 2 aromatic rings. The van der Waals surface area contributed by atoms with E-state index in [1.54, 1.807) is 0 Å². The zero-order valence-corrected chi connectivity index (χ0v) is 10.7. The Balaban J connectivity index is 2.24. The van der Waals surface area contributed by atoms with Crippen LogP contribution < -0.4 is 11.1 Å². The second-order valence-corrected chi connectivity index (χ2v) is 4.60. The Labute approximate surface area is 106 Å². The second kappa shape index (κ2) is 5.18. The maximum atomic E-state index is 11.4. The number of nitrogens with one attached hydrogen (secondary N) is 2. The van der Waals surface area contributed by atoms with E-state index in [4.69, 9.17) is 5.73 Å². The van der Waals surface area contributed by atoms with E-state index in [2.05, 4.69) is 29.1 Å². The molecule has 0 unspecified atom stereocenters. The SMILES string of the molecule is CC(C)c1nc2ccc(NC(=O)CCN)cc2[nH]1. The summed E-state index contributed by atoms with van der Waals surface area (Å²) in [6.45, 7) is 4.53. The Morgan fingerprint density at radius 1 is 1.50 bits per heavy atom. The van der Waals surface area contributed by atoms with Crippen LogP contribution in [0, 0.1) is 0 Å². The fourth-order valence-corrected chi connectivity index (χ4v) is 1.74. The molecule has 1 aromatic heterocycles. The summed E-state index contributed by atoms with van der Waals surface area (Å²) in [5, 5.41) is 2.81. The van der Waals surface area contributed by atoms with Gasteiger partial charge in [-0.15, -0.1) is 0 Å². The molecule has 0 spiro atoms. The predicted molar refractivity (Wildman–Crippen MR) is 72.5 cm³/mol. The summed E-state index contributed by atoms with van der Waals surface area (Å²) in [5.41, 5.74) is 7.94. The monoisotopic (exact) mass is 246 g/mol.